The number of ether oxygens (including phenoxy) is 1. The lowest BCUT2D eigenvalue weighted by Crippen LogP contribution is -2.26. The van der Waals surface area contributed by atoms with Gasteiger partial charge in [0.05, 0.1) is 23.8 Å². The van der Waals surface area contributed by atoms with Gasteiger partial charge in [-0.2, -0.15) is 0 Å². The lowest BCUT2D eigenvalue weighted by Gasteiger charge is -2.15. The fraction of sp³-hybridized carbons (Fsp3) is 0.148. The van der Waals surface area contributed by atoms with E-state index in [1.807, 2.05) is 49.4 Å². The van der Waals surface area contributed by atoms with Crippen LogP contribution in [0.1, 0.15) is 27.2 Å². The number of anilines is 2. The van der Waals surface area contributed by atoms with Gasteiger partial charge >= 0.3 is 6.03 Å². The predicted molar refractivity (Wildman–Crippen MR) is 137 cm³/mol. The van der Waals surface area contributed by atoms with Crippen molar-refractivity contribution >= 4 is 23.4 Å². The van der Waals surface area contributed by atoms with Crippen LogP contribution >= 0.6 is 0 Å². The van der Waals surface area contributed by atoms with Crippen molar-refractivity contribution in [2.75, 3.05) is 17.2 Å². The highest BCUT2D eigenvalue weighted by atomic mass is 16.5. The Bertz CT molecular complexity index is 1300. The van der Waals surface area contributed by atoms with Gasteiger partial charge in [0.15, 0.2) is 5.82 Å². The number of benzene rings is 2. The first-order valence-corrected chi connectivity index (χ1v) is 11.4. The monoisotopic (exact) mass is 482 g/mol. The lowest BCUT2D eigenvalue weighted by molar-refractivity contribution is 0.0953. The number of nitrogens with one attached hydrogen (secondary N) is 3. The molecule has 0 radical (unpaired) electrons. The number of aryl methyl sites for hydroxylation is 1. The number of amides is 3. The first kappa shape index (κ1) is 24.3. The van der Waals surface area contributed by atoms with Crippen molar-refractivity contribution < 1.29 is 14.3 Å². The Kier molecular flexibility index (Phi) is 8.16. The number of nitrogens with zero attached hydrogens (tertiary/aromatic N) is 3. The Balaban J connectivity index is 1.45. The van der Waals surface area contributed by atoms with E-state index in [0.29, 0.717) is 29.4 Å². The molecule has 0 saturated heterocycles. The Morgan fingerprint density at radius 1 is 0.889 bits per heavy atom. The molecule has 0 aliphatic carbocycles. The van der Waals surface area contributed by atoms with E-state index in [1.165, 1.54) is 6.20 Å². The smallest absolute Gasteiger partial charge is 0.324 e. The molecule has 3 amide bonds. The number of carbonyl (C=O) groups is 2. The second-order valence-electron chi connectivity index (χ2n) is 7.97. The third-order valence-electron chi connectivity index (χ3n) is 5.17. The third kappa shape index (κ3) is 7.10. The predicted octanol–water partition coefficient (Wildman–Crippen LogP) is 4.38. The lowest BCUT2D eigenvalue weighted by atomic mass is 10.1. The summed E-state index contributed by atoms with van der Waals surface area (Å²) in [7, 11) is 0. The third-order valence-corrected chi connectivity index (χ3v) is 5.17. The normalized spacial score (nSPS) is 10.4. The highest BCUT2D eigenvalue weighted by Crippen LogP contribution is 2.27. The van der Waals surface area contributed by atoms with Crippen LogP contribution in [0.15, 0.2) is 85.5 Å². The number of pyridine rings is 1. The fourth-order valence-electron chi connectivity index (χ4n) is 3.32. The molecule has 2 aromatic heterocycles. The van der Waals surface area contributed by atoms with Gasteiger partial charge < -0.3 is 15.4 Å². The second kappa shape index (κ2) is 12.1. The highest BCUT2D eigenvalue weighted by molar-refractivity contribution is 6.01. The van der Waals surface area contributed by atoms with Gasteiger partial charge in [0.25, 0.3) is 5.91 Å². The summed E-state index contributed by atoms with van der Waals surface area (Å²) in [6.45, 7) is 2.52. The molecule has 182 valence electrons. The minimum Gasteiger partial charge on any atom is -0.487 e. The van der Waals surface area contributed by atoms with Gasteiger partial charge in [0.2, 0.25) is 0 Å². The van der Waals surface area contributed by atoms with Crippen LogP contribution in [0.4, 0.5) is 16.3 Å². The Morgan fingerprint density at radius 2 is 1.72 bits per heavy atom. The van der Waals surface area contributed by atoms with Gasteiger partial charge in [-0.3, -0.25) is 20.1 Å². The number of rotatable bonds is 9. The first-order chi connectivity index (χ1) is 17.6. The average molecular weight is 483 g/mol. The molecule has 0 fully saturated rings. The van der Waals surface area contributed by atoms with Crippen molar-refractivity contribution in [2.24, 2.45) is 0 Å². The van der Waals surface area contributed by atoms with Gasteiger partial charge in [0, 0.05) is 30.1 Å². The highest BCUT2D eigenvalue weighted by Gasteiger charge is 2.14. The minimum atomic E-state index is -0.514. The molecule has 2 aromatic carbocycles. The Labute approximate surface area is 209 Å². The van der Waals surface area contributed by atoms with E-state index in [4.69, 9.17) is 4.74 Å². The molecule has 36 heavy (non-hydrogen) atoms. The zero-order chi connectivity index (χ0) is 25.2. The minimum absolute atomic E-state index is 0.215. The number of urea groups is 1. The summed E-state index contributed by atoms with van der Waals surface area (Å²) in [5, 5.41) is 8.31. The van der Waals surface area contributed by atoms with Crippen LogP contribution in [0.25, 0.3) is 0 Å². The molecule has 9 heteroatoms. The van der Waals surface area contributed by atoms with Crippen LogP contribution in [0.2, 0.25) is 0 Å². The van der Waals surface area contributed by atoms with Gasteiger partial charge in [-0.05, 0) is 43.2 Å². The Hall–Kier alpha value is -4.79. The van der Waals surface area contributed by atoms with Gasteiger partial charge in [-0.25, -0.2) is 9.78 Å². The molecule has 4 rings (SSSR count). The van der Waals surface area contributed by atoms with Crippen molar-refractivity contribution in [3.05, 3.63) is 108 Å². The summed E-state index contributed by atoms with van der Waals surface area (Å²) >= 11 is 0. The van der Waals surface area contributed by atoms with Crippen LogP contribution in [0, 0.1) is 6.92 Å². The van der Waals surface area contributed by atoms with Crippen LogP contribution in [0.3, 0.4) is 0 Å². The maximum Gasteiger partial charge on any atom is 0.324 e. The van der Waals surface area contributed by atoms with E-state index in [-0.39, 0.29) is 12.5 Å². The molecule has 0 bridgehead atoms. The van der Waals surface area contributed by atoms with Crippen molar-refractivity contribution in [1.82, 2.24) is 20.3 Å². The summed E-state index contributed by atoms with van der Waals surface area (Å²) in [5.41, 5.74) is 3.55. The molecular weight excluding hydrogens is 456 g/mol. The molecule has 0 aliphatic heterocycles. The zero-order valence-electron chi connectivity index (χ0n) is 19.8. The fourth-order valence-corrected chi connectivity index (χ4v) is 3.32. The standard InChI is InChI=1S/C27H26N6O3/c1-19-15-31-25(17-30-19)33-27(35)32-23-10-9-22(14-24(23)36-18-21-8-5-12-28-16-21)26(34)29-13-11-20-6-3-2-4-7-20/h2-10,12,14-17H,11,13,18H2,1H3,(H,29,34)(H2,31,32,33,35). The molecule has 0 spiro atoms. The number of hydrogen-bond donors (Lipinski definition) is 3. The number of carbonyl (C=O) groups excluding carboxylic acids is 2. The molecule has 0 aliphatic rings. The number of aromatic nitrogens is 3. The number of hydrogen-bond acceptors (Lipinski definition) is 6. The SMILES string of the molecule is Cc1cnc(NC(=O)Nc2ccc(C(=O)NCCc3ccccc3)cc2OCc2cccnc2)cn1. The molecule has 3 N–H and O–H groups in total. The summed E-state index contributed by atoms with van der Waals surface area (Å²) in [5.74, 6) is 0.424. The Morgan fingerprint density at radius 3 is 2.47 bits per heavy atom. The van der Waals surface area contributed by atoms with Crippen LogP contribution in [0.5, 0.6) is 5.75 Å². The summed E-state index contributed by atoms with van der Waals surface area (Å²) in [6.07, 6.45) is 7.12. The van der Waals surface area contributed by atoms with E-state index in [2.05, 4.69) is 30.9 Å². The van der Waals surface area contributed by atoms with Gasteiger partial charge in [-0.15, -0.1) is 0 Å². The molecule has 0 atom stereocenters. The topological polar surface area (TPSA) is 118 Å². The van der Waals surface area contributed by atoms with Crippen LogP contribution in [-0.4, -0.2) is 33.4 Å². The van der Waals surface area contributed by atoms with Crippen molar-refractivity contribution in [3.8, 4) is 5.75 Å². The van der Waals surface area contributed by atoms with Crippen LogP contribution < -0.4 is 20.7 Å². The summed E-state index contributed by atoms with van der Waals surface area (Å²) < 4.78 is 5.96. The van der Waals surface area contributed by atoms with E-state index < -0.39 is 6.03 Å². The van der Waals surface area contributed by atoms with E-state index in [1.54, 1.807) is 36.8 Å². The largest absolute Gasteiger partial charge is 0.487 e. The van der Waals surface area contributed by atoms with E-state index in [9.17, 15) is 9.59 Å². The molecule has 4 aromatic rings. The zero-order valence-corrected chi connectivity index (χ0v) is 19.8. The average Bonchev–Trinajstić information content (AvgIpc) is 2.90. The van der Waals surface area contributed by atoms with Gasteiger partial charge in [-0.1, -0.05) is 36.4 Å². The molecule has 0 saturated carbocycles. The van der Waals surface area contributed by atoms with Gasteiger partial charge in [0.1, 0.15) is 12.4 Å². The molecule has 2 heterocycles. The van der Waals surface area contributed by atoms with E-state index >= 15 is 0 Å². The maximum atomic E-state index is 12.8. The van der Waals surface area contributed by atoms with Crippen molar-refractivity contribution in [3.63, 3.8) is 0 Å². The molecular formula is C27H26N6O3. The molecule has 0 unspecified atom stereocenters. The summed E-state index contributed by atoms with van der Waals surface area (Å²) in [4.78, 5) is 37.6. The van der Waals surface area contributed by atoms with Crippen molar-refractivity contribution in [1.29, 1.82) is 0 Å². The van der Waals surface area contributed by atoms with Crippen LogP contribution in [-0.2, 0) is 13.0 Å². The van der Waals surface area contributed by atoms with E-state index in [0.717, 1.165) is 23.2 Å². The summed E-state index contributed by atoms with van der Waals surface area (Å²) in [6, 6.07) is 18.0. The first-order valence-electron chi connectivity index (χ1n) is 11.4. The maximum absolute atomic E-state index is 12.8. The quantitative estimate of drug-likeness (QED) is 0.326. The molecule has 9 nitrogen and oxygen atoms in total. The van der Waals surface area contributed by atoms with Crippen molar-refractivity contribution in [2.45, 2.75) is 20.0 Å². The second-order valence-corrected chi connectivity index (χ2v) is 7.97.